The molecule has 3 saturated heterocycles. The molecule has 3 aliphatic rings. The van der Waals surface area contributed by atoms with Gasteiger partial charge in [-0.25, -0.2) is 8.42 Å². The molecule has 1 aromatic rings. The maximum Gasteiger partial charge on any atom is 0.150 e. The lowest BCUT2D eigenvalue weighted by atomic mass is 9.73. The molecule has 4 rings (SSSR count). The number of piperidine rings is 1. The fourth-order valence-electron chi connectivity index (χ4n) is 5.21. The summed E-state index contributed by atoms with van der Waals surface area (Å²) >= 11 is 0. The summed E-state index contributed by atoms with van der Waals surface area (Å²) in [5.41, 5.74) is 1.51. The van der Waals surface area contributed by atoms with Gasteiger partial charge in [-0.3, -0.25) is 0 Å². The van der Waals surface area contributed by atoms with Gasteiger partial charge in [-0.2, -0.15) is 0 Å². The minimum atomic E-state index is -2.89. The van der Waals surface area contributed by atoms with Crippen molar-refractivity contribution in [3.8, 4) is 5.75 Å². The van der Waals surface area contributed by atoms with Gasteiger partial charge >= 0.3 is 0 Å². The van der Waals surface area contributed by atoms with E-state index in [9.17, 15) is 8.42 Å². The zero-order valence-corrected chi connectivity index (χ0v) is 19.4. The lowest BCUT2D eigenvalue weighted by Crippen LogP contribution is -2.53. The summed E-state index contributed by atoms with van der Waals surface area (Å²) in [7, 11) is -2.89. The van der Waals surface area contributed by atoms with Crippen LogP contribution >= 0.6 is 0 Å². The topological polar surface area (TPSA) is 49.9 Å². The van der Waals surface area contributed by atoms with Gasteiger partial charge in [0.2, 0.25) is 0 Å². The normalized spacial score (nSPS) is 24.5. The smallest absolute Gasteiger partial charge is 0.150 e. The second-order valence-electron chi connectivity index (χ2n) is 9.42. The number of benzene rings is 1. The van der Waals surface area contributed by atoms with Gasteiger partial charge in [0.05, 0.1) is 12.4 Å². The number of anilines is 1. The van der Waals surface area contributed by atoms with E-state index in [0.717, 1.165) is 38.3 Å². The second kappa shape index (κ2) is 9.25. The molecule has 3 aliphatic heterocycles. The first-order valence-electron chi connectivity index (χ1n) is 11.2. The van der Waals surface area contributed by atoms with Gasteiger partial charge in [-0.1, -0.05) is 20.8 Å². The number of nitrogens with zero attached hydrogens (tertiary/aromatic N) is 2. The zero-order valence-electron chi connectivity index (χ0n) is 18.6. The van der Waals surface area contributed by atoms with Gasteiger partial charge in [0.25, 0.3) is 0 Å². The molecule has 3 heterocycles. The fourth-order valence-corrected chi connectivity index (χ4v) is 6.61. The van der Waals surface area contributed by atoms with Crippen LogP contribution in [0.2, 0.25) is 0 Å². The van der Waals surface area contributed by atoms with Gasteiger partial charge < -0.3 is 14.5 Å². The fraction of sp³-hybridized carbons (Fsp3) is 0.739. The van der Waals surface area contributed by atoms with E-state index in [0.29, 0.717) is 36.5 Å². The van der Waals surface area contributed by atoms with Crippen LogP contribution in [0, 0.1) is 11.3 Å². The van der Waals surface area contributed by atoms with Crippen molar-refractivity contribution < 1.29 is 13.2 Å². The summed E-state index contributed by atoms with van der Waals surface area (Å²) in [5, 5.41) is 0. The van der Waals surface area contributed by atoms with Crippen LogP contribution in [0.3, 0.4) is 0 Å². The summed E-state index contributed by atoms with van der Waals surface area (Å²) in [4.78, 5) is 5.10. The van der Waals surface area contributed by atoms with E-state index in [-0.39, 0.29) is 5.41 Å². The SMILES string of the molecule is CCCS(=O)(=O)CCCN1C[C@@H]2CN(c3ccc(OCC)cc3)[C@H](C1)C(C)(C)C2. The molecule has 0 amide bonds. The van der Waals surface area contributed by atoms with Gasteiger partial charge in [0, 0.05) is 37.1 Å². The minimum absolute atomic E-state index is 0.241. The van der Waals surface area contributed by atoms with Gasteiger partial charge in [-0.05, 0) is 68.3 Å². The molecule has 0 radical (unpaired) electrons. The maximum atomic E-state index is 12.1. The quantitative estimate of drug-likeness (QED) is 0.605. The molecule has 0 N–H and O–H groups in total. The summed E-state index contributed by atoms with van der Waals surface area (Å²) in [6.07, 6.45) is 2.68. The Bertz CT molecular complexity index is 761. The van der Waals surface area contributed by atoms with Crippen LogP contribution in [0.15, 0.2) is 24.3 Å². The van der Waals surface area contributed by atoms with Crippen LogP contribution in [-0.2, 0) is 9.84 Å². The summed E-state index contributed by atoms with van der Waals surface area (Å²) < 4.78 is 29.7. The van der Waals surface area contributed by atoms with E-state index in [1.807, 2.05) is 13.8 Å². The number of hydrogen-bond donors (Lipinski definition) is 0. The van der Waals surface area contributed by atoms with Gasteiger partial charge in [0.15, 0.2) is 0 Å². The first-order valence-corrected chi connectivity index (χ1v) is 13.0. The third-order valence-electron chi connectivity index (χ3n) is 6.42. The van der Waals surface area contributed by atoms with Gasteiger partial charge in [0.1, 0.15) is 15.6 Å². The van der Waals surface area contributed by atoms with Crippen molar-refractivity contribution in [2.45, 2.75) is 53.0 Å². The molecule has 0 unspecified atom stereocenters. The number of fused-ring (bicyclic) bond motifs is 4. The first kappa shape index (κ1) is 22.4. The van der Waals surface area contributed by atoms with E-state index in [1.165, 1.54) is 12.1 Å². The molecule has 0 aromatic heterocycles. The molecule has 0 aliphatic carbocycles. The molecular weight excluding hydrogens is 384 g/mol. The van der Waals surface area contributed by atoms with Crippen LogP contribution in [0.4, 0.5) is 5.69 Å². The number of ether oxygens (including phenoxy) is 1. The van der Waals surface area contributed by atoms with Crippen LogP contribution in [-0.4, -0.2) is 63.7 Å². The largest absolute Gasteiger partial charge is 0.494 e. The molecule has 2 bridgehead atoms. The Kier molecular flexibility index (Phi) is 7.15. The molecule has 6 heteroatoms. The Labute approximate surface area is 177 Å². The van der Waals surface area contributed by atoms with Crippen molar-refractivity contribution in [2.75, 3.05) is 49.2 Å². The average molecular weight is 423 g/mol. The molecule has 1 aromatic carbocycles. The van der Waals surface area contributed by atoms with Gasteiger partial charge in [-0.15, -0.1) is 0 Å². The Morgan fingerprint density at radius 2 is 1.79 bits per heavy atom. The third kappa shape index (κ3) is 5.66. The molecule has 5 nitrogen and oxygen atoms in total. The van der Waals surface area contributed by atoms with Crippen molar-refractivity contribution in [1.82, 2.24) is 4.90 Å². The first-order chi connectivity index (χ1) is 13.7. The van der Waals surface area contributed by atoms with Crippen molar-refractivity contribution in [2.24, 2.45) is 11.3 Å². The molecular formula is C23H38N2O3S. The Hall–Kier alpha value is -1.27. The highest BCUT2D eigenvalue weighted by molar-refractivity contribution is 7.91. The van der Waals surface area contributed by atoms with Crippen molar-refractivity contribution in [3.05, 3.63) is 24.3 Å². The van der Waals surface area contributed by atoms with E-state index in [4.69, 9.17) is 4.74 Å². The van der Waals surface area contributed by atoms with E-state index < -0.39 is 9.84 Å². The molecule has 3 fully saturated rings. The molecule has 29 heavy (non-hydrogen) atoms. The summed E-state index contributed by atoms with van der Waals surface area (Å²) in [5.74, 6) is 2.17. The lowest BCUT2D eigenvalue weighted by Gasteiger charge is -2.48. The zero-order chi connectivity index (χ0) is 21.1. The maximum absolute atomic E-state index is 12.1. The Morgan fingerprint density at radius 1 is 1.07 bits per heavy atom. The highest BCUT2D eigenvalue weighted by Crippen LogP contribution is 2.43. The summed E-state index contributed by atoms with van der Waals surface area (Å²) in [6.45, 7) is 13.4. The van der Waals surface area contributed by atoms with Crippen molar-refractivity contribution in [1.29, 1.82) is 0 Å². The van der Waals surface area contributed by atoms with E-state index in [1.54, 1.807) is 0 Å². The standard InChI is InChI=1S/C23H38N2O3S/c1-5-13-29(26,27)14-7-12-24-16-19-15-23(3,4)22(18-24)25(17-19)20-8-10-21(11-9-20)28-6-2/h8-11,19,22H,5-7,12-18H2,1-4H3/t19-,22-/m1/s1. The van der Waals surface area contributed by atoms with E-state index >= 15 is 0 Å². The Balaban J connectivity index is 1.69. The lowest BCUT2D eigenvalue weighted by molar-refractivity contribution is 0.190. The molecule has 164 valence electrons. The summed E-state index contributed by atoms with van der Waals surface area (Å²) in [6, 6.07) is 8.94. The molecule has 2 atom stereocenters. The minimum Gasteiger partial charge on any atom is -0.494 e. The second-order valence-corrected chi connectivity index (χ2v) is 11.7. The number of hydrogen-bond acceptors (Lipinski definition) is 5. The monoisotopic (exact) mass is 422 g/mol. The number of sulfone groups is 1. The predicted molar refractivity (Wildman–Crippen MR) is 121 cm³/mol. The van der Waals surface area contributed by atoms with Crippen molar-refractivity contribution >= 4 is 15.5 Å². The highest BCUT2D eigenvalue weighted by Gasteiger charge is 2.45. The van der Waals surface area contributed by atoms with E-state index in [2.05, 4.69) is 47.9 Å². The Morgan fingerprint density at radius 3 is 2.45 bits per heavy atom. The highest BCUT2D eigenvalue weighted by atomic mass is 32.2. The van der Waals surface area contributed by atoms with Crippen LogP contribution in [0.5, 0.6) is 5.75 Å². The van der Waals surface area contributed by atoms with Crippen LogP contribution in [0.25, 0.3) is 0 Å². The molecule has 0 saturated carbocycles. The predicted octanol–water partition coefficient (Wildman–Crippen LogP) is 3.84. The third-order valence-corrected chi connectivity index (χ3v) is 8.36. The molecule has 0 spiro atoms. The van der Waals surface area contributed by atoms with Crippen LogP contribution < -0.4 is 9.64 Å². The average Bonchev–Trinajstić information content (AvgIpc) is 2.88. The van der Waals surface area contributed by atoms with Crippen molar-refractivity contribution in [3.63, 3.8) is 0 Å². The number of rotatable bonds is 9. The van der Waals surface area contributed by atoms with Crippen LogP contribution in [0.1, 0.15) is 47.0 Å².